The lowest BCUT2D eigenvalue weighted by Crippen LogP contribution is -2.71. The zero-order valence-corrected chi connectivity index (χ0v) is 16.3. The first kappa shape index (κ1) is 20.3. The van der Waals surface area contributed by atoms with Gasteiger partial charge >= 0.3 is 0 Å². The second kappa shape index (κ2) is 6.56. The number of carbonyl (C=O) groups excluding carboxylic acids is 1. The first-order chi connectivity index (χ1) is 12.4. The summed E-state index contributed by atoms with van der Waals surface area (Å²) in [6.45, 7) is 0.802. The normalized spacial score (nSPS) is 21.7. The van der Waals surface area contributed by atoms with Gasteiger partial charge in [-0.2, -0.15) is 4.31 Å². The molecule has 2 aliphatic rings. The second-order valence-corrected chi connectivity index (χ2v) is 9.51. The predicted octanol–water partition coefficient (Wildman–Crippen LogP) is 2.93. The van der Waals surface area contributed by atoms with Crippen LogP contribution in [-0.2, 0) is 14.8 Å². The van der Waals surface area contributed by atoms with E-state index in [1.54, 1.807) is 0 Å². The van der Waals surface area contributed by atoms with Crippen LogP contribution in [0.25, 0.3) is 0 Å². The van der Waals surface area contributed by atoms with Crippen LogP contribution in [-0.4, -0.2) is 55.6 Å². The third kappa shape index (κ3) is 3.29. The second-order valence-electron chi connectivity index (χ2n) is 6.72. The third-order valence-electron chi connectivity index (χ3n) is 5.03. The Morgan fingerprint density at radius 1 is 1.22 bits per heavy atom. The fourth-order valence-electron chi connectivity index (χ4n) is 3.37. The first-order valence-electron chi connectivity index (χ1n) is 7.86. The molecule has 0 saturated carbocycles. The van der Waals surface area contributed by atoms with Crippen LogP contribution in [0.1, 0.15) is 6.42 Å². The molecule has 2 aliphatic heterocycles. The molecule has 2 heterocycles. The van der Waals surface area contributed by atoms with Crippen molar-refractivity contribution in [2.75, 3.05) is 26.2 Å². The summed E-state index contributed by atoms with van der Waals surface area (Å²) in [7, 11) is -4.31. The molecule has 1 amide bonds. The minimum atomic E-state index is -4.31. The van der Waals surface area contributed by atoms with E-state index in [9.17, 15) is 30.8 Å². The lowest BCUT2D eigenvalue weighted by Gasteiger charge is -2.56. The molecule has 1 aromatic rings. The molecule has 0 N–H and O–H groups in total. The van der Waals surface area contributed by atoms with Crippen molar-refractivity contribution in [2.24, 2.45) is 5.41 Å². The Morgan fingerprint density at radius 3 is 2.37 bits per heavy atom. The molecule has 0 bridgehead atoms. The van der Waals surface area contributed by atoms with Gasteiger partial charge in [-0.05, 0) is 40.5 Å². The van der Waals surface area contributed by atoms with Crippen LogP contribution >= 0.6 is 15.9 Å². The maximum Gasteiger partial charge on any atom is 0.282 e. The van der Waals surface area contributed by atoms with Crippen molar-refractivity contribution < 1.29 is 30.8 Å². The molecule has 11 heteroatoms. The van der Waals surface area contributed by atoms with Crippen molar-refractivity contribution in [2.45, 2.75) is 17.2 Å². The molecule has 0 atom stereocenters. The van der Waals surface area contributed by atoms with Crippen LogP contribution in [0.15, 0.2) is 40.0 Å². The van der Waals surface area contributed by atoms with E-state index in [-0.39, 0.29) is 30.5 Å². The Kier molecular flexibility index (Phi) is 4.92. The SMILES string of the molecule is C=C(F)C(=O)N1CC2(CCN(S(=O)(=O)c3ccc(Br)c(F)c3)CC2(F)F)C1. The predicted molar refractivity (Wildman–Crippen MR) is 91.7 cm³/mol. The monoisotopic (exact) mass is 470 g/mol. The lowest BCUT2D eigenvalue weighted by atomic mass is 9.69. The first-order valence-corrected chi connectivity index (χ1v) is 10.1. The summed E-state index contributed by atoms with van der Waals surface area (Å²) in [5, 5.41) is 0. The Balaban J connectivity index is 1.79. The minimum Gasteiger partial charge on any atom is -0.335 e. The van der Waals surface area contributed by atoms with Crippen molar-refractivity contribution >= 4 is 31.9 Å². The molecular formula is C16H15BrF4N2O3S. The van der Waals surface area contributed by atoms with Crippen molar-refractivity contribution in [3.8, 4) is 0 Å². The van der Waals surface area contributed by atoms with Gasteiger partial charge in [0.25, 0.3) is 11.8 Å². The van der Waals surface area contributed by atoms with E-state index < -0.39 is 50.4 Å². The van der Waals surface area contributed by atoms with Crippen LogP contribution in [0.3, 0.4) is 0 Å². The average molecular weight is 471 g/mol. The third-order valence-corrected chi connectivity index (χ3v) is 7.51. The maximum absolute atomic E-state index is 14.7. The molecule has 0 aromatic heterocycles. The molecule has 0 radical (unpaired) electrons. The molecule has 5 nitrogen and oxygen atoms in total. The van der Waals surface area contributed by atoms with E-state index in [2.05, 4.69) is 22.5 Å². The van der Waals surface area contributed by atoms with Gasteiger partial charge in [0.05, 0.1) is 21.3 Å². The largest absolute Gasteiger partial charge is 0.335 e. The molecule has 1 spiro atoms. The summed E-state index contributed by atoms with van der Waals surface area (Å²) < 4.78 is 81.9. The number of benzene rings is 1. The van der Waals surface area contributed by atoms with Gasteiger partial charge in [-0.1, -0.05) is 6.58 Å². The summed E-state index contributed by atoms with van der Waals surface area (Å²) in [5.74, 6) is -6.53. The van der Waals surface area contributed by atoms with E-state index in [1.807, 2.05) is 0 Å². The highest BCUT2D eigenvalue weighted by Crippen LogP contribution is 2.51. The number of amides is 1. The smallest absolute Gasteiger partial charge is 0.282 e. The van der Waals surface area contributed by atoms with Crippen molar-refractivity contribution in [1.29, 1.82) is 0 Å². The van der Waals surface area contributed by atoms with Gasteiger partial charge in [0.2, 0.25) is 10.0 Å². The summed E-state index contributed by atoms with van der Waals surface area (Å²) >= 11 is 2.90. The van der Waals surface area contributed by atoms with E-state index in [0.717, 1.165) is 17.0 Å². The number of carbonyl (C=O) groups is 1. The van der Waals surface area contributed by atoms with E-state index >= 15 is 0 Å². The van der Waals surface area contributed by atoms with Crippen LogP contribution in [0, 0.1) is 11.2 Å². The zero-order valence-electron chi connectivity index (χ0n) is 13.9. The number of likely N-dealkylation sites (tertiary alicyclic amines) is 1. The van der Waals surface area contributed by atoms with Gasteiger partial charge in [0, 0.05) is 19.6 Å². The molecule has 3 rings (SSSR count). The summed E-state index contributed by atoms with van der Waals surface area (Å²) in [4.78, 5) is 12.0. The molecule has 0 unspecified atom stereocenters. The zero-order chi connectivity index (χ0) is 20.2. The van der Waals surface area contributed by atoms with Crippen molar-refractivity contribution in [1.82, 2.24) is 9.21 Å². The van der Waals surface area contributed by atoms with Crippen molar-refractivity contribution in [3.05, 3.63) is 40.9 Å². The summed E-state index contributed by atoms with van der Waals surface area (Å²) in [6, 6.07) is 3.07. The van der Waals surface area contributed by atoms with E-state index in [4.69, 9.17) is 0 Å². The number of halogens is 5. The number of nitrogens with zero attached hydrogens (tertiary/aromatic N) is 2. The quantitative estimate of drug-likeness (QED) is 0.504. The van der Waals surface area contributed by atoms with Gasteiger partial charge in [-0.15, -0.1) is 0 Å². The number of alkyl halides is 2. The van der Waals surface area contributed by atoms with Gasteiger partial charge < -0.3 is 4.90 Å². The average Bonchev–Trinajstić information content (AvgIpc) is 2.53. The van der Waals surface area contributed by atoms with Crippen LogP contribution < -0.4 is 0 Å². The van der Waals surface area contributed by atoms with Gasteiger partial charge in [-0.25, -0.2) is 26.0 Å². The Labute approximate surface area is 161 Å². The number of rotatable bonds is 3. The molecule has 27 heavy (non-hydrogen) atoms. The molecule has 2 saturated heterocycles. The summed E-state index contributed by atoms with van der Waals surface area (Å²) in [6.07, 6.45) is -0.208. The minimum absolute atomic E-state index is 0.0538. The highest BCUT2D eigenvalue weighted by Gasteiger charge is 2.64. The molecule has 0 aliphatic carbocycles. The van der Waals surface area contributed by atoms with Gasteiger partial charge in [0.1, 0.15) is 5.82 Å². The molecule has 148 valence electrons. The van der Waals surface area contributed by atoms with Crippen LogP contribution in [0.4, 0.5) is 17.6 Å². The van der Waals surface area contributed by atoms with Crippen molar-refractivity contribution in [3.63, 3.8) is 0 Å². The van der Waals surface area contributed by atoms with Gasteiger partial charge in [0.15, 0.2) is 5.83 Å². The summed E-state index contributed by atoms with van der Waals surface area (Å²) in [5.41, 5.74) is -1.60. The van der Waals surface area contributed by atoms with Gasteiger partial charge in [-0.3, -0.25) is 4.79 Å². The lowest BCUT2D eigenvalue weighted by molar-refractivity contribution is -0.214. The Bertz CT molecular complexity index is 916. The standard InChI is InChI=1S/C16H15BrF4N2O3S/c1-10(18)14(24)22-7-15(8-22)4-5-23(9-16(15,20)21)27(25,26)11-2-3-12(17)13(19)6-11/h2-3,6H,1,4-5,7-9H2. The molecule has 1 aromatic carbocycles. The highest BCUT2D eigenvalue weighted by atomic mass is 79.9. The maximum atomic E-state index is 14.7. The number of piperidine rings is 1. The fraction of sp³-hybridized carbons (Fsp3) is 0.438. The topological polar surface area (TPSA) is 57.7 Å². The number of sulfonamides is 1. The fourth-order valence-corrected chi connectivity index (χ4v) is 5.07. The Hall–Kier alpha value is -1.46. The van der Waals surface area contributed by atoms with E-state index in [0.29, 0.717) is 4.31 Å². The Morgan fingerprint density at radius 2 is 1.85 bits per heavy atom. The highest BCUT2D eigenvalue weighted by molar-refractivity contribution is 9.10. The molecular weight excluding hydrogens is 456 g/mol. The van der Waals surface area contributed by atoms with Crippen LogP contribution in [0.2, 0.25) is 0 Å². The van der Waals surface area contributed by atoms with Crippen LogP contribution in [0.5, 0.6) is 0 Å². The number of hydrogen-bond acceptors (Lipinski definition) is 3. The molecule has 2 fully saturated rings. The van der Waals surface area contributed by atoms with E-state index in [1.165, 1.54) is 6.07 Å². The number of hydrogen-bond donors (Lipinski definition) is 0.